The second kappa shape index (κ2) is 11.6. The van der Waals surface area contributed by atoms with E-state index >= 15 is 4.39 Å². The molecule has 3 N–H and O–H groups in total. The fourth-order valence-corrected chi connectivity index (χ4v) is 3.85. The maximum Gasteiger partial charge on any atom is 0.350 e. The average molecular weight is 551 g/mol. The molecule has 0 saturated carbocycles. The number of aromatic amines is 1. The fourth-order valence-electron chi connectivity index (χ4n) is 3.85. The van der Waals surface area contributed by atoms with Crippen molar-refractivity contribution in [2.75, 3.05) is 33.6 Å². The summed E-state index contributed by atoms with van der Waals surface area (Å²) in [6, 6.07) is 7.80. The van der Waals surface area contributed by atoms with Crippen LogP contribution in [0.1, 0.15) is 29.9 Å². The number of hydrogen-bond acceptors (Lipinski definition) is 10. The third kappa shape index (κ3) is 5.75. The molecule has 208 valence electrons. The van der Waals surface area contributed by atoms with Gasteiger partial charge < -0.3 is 24.4 Å². The Morgan fingerprint density at radius 3 is 2.40 bits per heavy atom. The Balaban J connectivity index is 1.86. The SMILES string of the molecule is COc1cc(F)c(C(Nc2ccc(C(=N)N(C)C)c(OC(C)=O)c2)c2nn(-c3ncccn3)c(=O)[nH]2)cc1OC. The summed E-state index contributed by atoms with van der Waals surface area (Å²) in [5.41, 5.74) is 0.145. The van der Waals surface area contributed by atoms with Gasteiger partial charge in [0.05, 0.1) is 19.8 Å². The number of rotatable bonds is 9. The molecule has 0 aliphatic rings. The summed E-state index contributed by atoms with van der Waals surface area (Å²) in [6.07, 6.45) is 2.91. The Kier molecular flexibility index (Phi) is 8.07. The van der Waals surface area contributed by atoms with Crippen molar-refractivity contribution in [3.05, 3.63) is 82.0 Å². The zero-order valence-electron chi connectivity index (χ0n) is 22.4. The molecule has 0 saturated heterocycles. The van der Waals surface area contributed by atoms with Gasteiger partial charge in [-0.15, -0.1) is 9.78 Å². The van der Waals surface area contributed by atoms with Gasteiger partial charge in [-0.1, -0.05) is 0 Å². The van der Waals surface area contributed by atoms with E-state index in [2.05, 4.69) is 25.4 Å². The van der Waals surface area contributed by atoms with Crippen molar-refractivity contribution in [1.82, 2.24) is 29.6 Å². The van der Waals surface area contributed by atoms with Gasteiger partial charge in [-0.05, 0) is 24.3 Å². The first-order valence-corrected chi connectivity index (χ1v) is 11.9. The minimum atomic E-state index is -1.08. The van der Waals surface area contributed by atoms with Crippen molar-refractivity contribution >= 4 is 17.5 Å². The van der Waals surface area contributed by atoms with Crippen LogP contribution < -0.4 is 25.2 Å². The number of esters is 1. The molecule has 4 aromatic rings. The molecule has 1 unspecified atom stereocenters. The van der Waals surface area contributed by atoms with E-state index in [-0.39, 0.29) is 40.4 Å². The van der Waals surface area contributed by atoms with Gasteiger partial charge in [-0.3, -0.25) is 15.2 Å². The minimum absolute atomic E-state index is 0.0187. The summed E-state index contributed by atoms with van der Waals surface area (Å²) in [5, 5.41) is 15.8. The van der Waals surface area contributed by atoms with Crippen LogP contribution in [0.25, 0.3) is 5.95 Å². The summed E-state index contributed by atoms with van der Waals surface area (Å²) in [4.78, 5) is 36.9. The summed E-state index contributed by atoms with van der Waals surface area (Å²) in [7, 11) is 6.17. The van der Waals surface area contributed by atoms with Crippen LogP contribution in [0.3, 0.4) is 0 Å². The van der Waals surface area contributed by atoms with E-state index in [0.717, 1.165) is 10.7 Å². The number of carbonyl (C=O) groups excluding carboxylic acids is 1. The predicted octanol–water partition coefficient (Wildman–Crippen LogP) is 2.52. The van der Waals surface area contributed by atoms with Crippen LogP contribution in [0.4, 0.5) is 10.1 Å². The molecule has 4 rings (SSSR count). The molecule has 40 heavy (non-hydrogen) atoms. The molecule has 2 aromatic carbocycles. The third-order valence-electron chi connectivity index (χ3n) is 5.71. The smallest absolute Gasteiger partial charge is 0.350 e. The number of halogens is 1. The number of methoxy groups -OCH3 is 2. The van der Waals surface area contributed by atoms with Gasteiger partial charge >= 0.3 is 11.7 Å². The number of H-pyrrole nitrogens is 1. The third-order valence-corrected chi connectivity index (χ3v) is 5.71. The van der Waals surface area contributed by atoms with Crippen LogP contribution in [0.5, 0.6) is 17.2 Å². The number of benzene rings is 2. The van der Waals surface area contributed by atoms with E-state index in [4.69, 9.17) is 19.6 Å². The van der Waals surface area contributed by atoms with Gasteiger partial charge in [-0.2, -0.15) is 0 Å². The summed E-state index contributed by atoms with van der Waals surface area (Å²) >= 11 is 0. The van der Waals surface area contributed by atoms with Crippen LogP contribution in [0.15, 0.2) is 53.6 Å². The quantitative estimate of drug-likeness (QED) is 0.122. The van der Waals surface area contributed by atoms with Crippen molar-refractivity contribution in [3.63, 3.8) is 0 Å². The molecule has 0 bridgehead atoms. The van der Waals surface area contributed by atoms with E-state index < -0.39 is 23.5 Å². The normalized spacial score (nSPS) is 11.4. The number of amidine groups is 1. The lowest BCUT2D eigenvalue weighted by Gasteiger charge is -2.22. The largest absolute Gasteiger partial charge is 0.493 e. The minimum Gasteiger partial charge on any atom is -0.493 e. The lowest BCUT2D eigenvalue weighted by atomic mass is 10.0. The Morgan fingerprint density at radius 2 is 1.77 bits per heavy atom. The molecule has 2 heterocycles. The summed E-state index contributed by atoms with van der Waals surface area (Å²) < 4.78 is 32.4. The second-order valence-electron chi connectivity index (χ2n) is 8.63. The Hall–Kier alpha value is -5.27. The van der Waals surface area contributed by atoms with Gasteiger partial charge in [0, 0.05) is 56.8 Å². The number of carbonyl (C=O) groups is 1. The maximum absolute atomic E-state index is 15.5. The van der Waals surface area contributed by atoms with Crippen molar-refractivity contribution in [3.8, 4) is 23.2 Å². The van der Waals surface area contributed by atoms with Gasteiger partial charge in [0.1, 0.15) is 23.4 Å². The van der Waals surface area contributed by atoms with E-state index in [1.54, 1.807) is 37.2 Å². The number of nitrogens with one attached hydrogen (secondary N) is 3. The van der Waals surface area contributed by atoms with Gasteiger partial charge in [0.2, 0.25) is 0 Å². The van der Waals surface area contributed by atoms with Gasteiger partial charge in [0.25, 0.3) is 5.95 Å². The summed E-state index contributed by atoms with van der Waals surface area (Å²) in [6.45, 7) is 1.24. The molecule has 0 amide bonds. The molecule has 2 aromatic heterocycles. The molecular weight excluding hydrogens is 523 g/mol. The Morgan fingerprint density at radius 1 is 1.10 bits per heavy atom. The number of ether oxygens (including phenoxy) is 3. The molecule has 0 spiro atoms. The monoisotopic (exact) mass is 550 g/mol. The average Bonchev–Trinajstić information content (AvgIpc) is 3.32. The van der Waals surface area contributed by atoms with Crippen molar-refractivity contribution < 1.29 is 23.4 Å². The van der Waals surface area contributed by atoms with E-state index in [1.807, 2.05) is 0 Å². The maximum atomic E-state index is 15.5. The lowest BCUT2D eigenvalue weighted by Crippen LogP contribution is -2.23. The standard InChI is InChI=1S/C26H27FN8O5/c1-14(36)40-19-11-15(7-8-16(19)23(28)34(2)3)31-22(17-12-20(38-4)21(39-5)13-18(17)27)24-32-26(37)35(33-24)25-29-9-6-10-30-25/h6-13,22,28,31H,1-5H3,(H,32,33,37). The first-order valence-electron chi connectivity index (χ1n) is 11.9. The molecule has 14 heteroatoms. The zero-order valence-corrected chi connectivity index (χ0v) is 22.4. The molecular formula is C26H27FN8O5. The van der Waals surface area contributed by atoms with Crippen molar-refractivity contribution in [2.24, 2.45) is 0 Å². The molecule has 0 aliphatic carbocycles. The van der Waals surface area contributed by atoms with E-state index in [0.29, 0.717) is 11.3 Å². The molecule has 1 atom stereocenters. The fraction of sp³-hybridized carbons (Fsp3) is 0.231. The first-order chi connectivity index (χ1) is 19.1. The highest BCUT2D eigenvalue weighted by atomic mass is 19.1. The predicted molar refractivity (Wildman–Crippen MR) is 143 cm³/mol. The highest BCUT2D eigenvalue weighted by Gasteiger charge is 2.26. The lowest BCUT2D eigenvalue weighted by molar-refractivity contribution is -0.131. The number of anilines is 1. The Labute approximate surface area is 228 Å². The van der Waals surface area contributed by atoms with Crippen LogP contribution in [0, 0.1) is 11.2 Å². The zero-order chi connectivity index (χ0) is 29.0. The first kappa shape index (κ1) is 27.8. The number of aromatic nitrogens is 5. The molecule has 13 nitrogen and oxygen atoms in total. The van der Waals surface area contributed by atoms with Gasteiger partial charge in [-0.25, -0.2) is 19.2 Å². The van der Waals surface area contributed by atoms with Crippen LogP contribution in [-0.4, -0.2) is 69.8 Å². The van der Waals surface area contributed by atoms with Crippen molar-refractivity contribution in [2.45, 2.75) is 13.0 Å². The topological polar surface area (TPSA) is 160 Å². The highest BCUT2D eigenvalue weighted by molar-refractivity contribution is 5.99. The second-order valence-corrected chi connectivity index (χ2v) is 8.63. The number of nitrogens with zero attached hydrogens (tertiary/aromatic N) is 5. The van der Waals surface area contributed by atoms with Crippen LogP contribution >= 0.6 is 0 Å². The molecule has 0 fully saturated rings. The summed E-state index contributed by atoms with van der Waals surface area (Å²) in [5.74, 6) is -0.577. The van der Waals surface area contributed by atoms with Crippen LogP contribution in [-0.2, 0) is 4.79 Å². The van der Waals surface area contributed by atoms with Gasteiger partial charge in [0.15, 0.2) is 17.3 Å². The van der Waals surface area contributed by atoms with E-state index in [1.165, 1.54) is 45.7 Å². The Bertz CT molecular complexity index is 1600. The molecule has 0 aliphatic heterocycles. The van der Waals surface area contributed by atoms with Crippen LogP contribution in [0.2, 0.25) is 0 Å². The number of hydrogen-bond donors (Lipinski definition) is 3. The van der Waals surface area contributed by atoms with Crippen molar-refractivity contribution in [1.29, 1.82) is 5.41 Å². The highest BCUT2D eigenvalue weighted by Crippen LogP contribution is 2.36. The molecule has 0 radical (unpaired) electrons. The van der Waals surface area contributed by atoms with E-state index in [9.17, 15) is 9.59 Å².